The molecule has 2 aromatic carbocycles. The zero-order valence-corrected chi connectivity index (χ0v) is 21.3. The largest absolute Gasteiger partial charge is 0.391 e. The Morgan fingerprint density at radius 2 is 1.71 bits per heavy atom. The van der Waals surface area contributed by atoms with E-state index in [0.29, 0.717) is 22.8 Å². The van der Waals surface area contributed by atoms with Crippen molar-refractivity contribution in [2.45, 2.75) is 32.9 Å². The van der Waals surface area contributed by atoms with E-state index in [1.54, 1.807) is 44.9 Å². The molecule has 4 rings (SSSR count). The molecule has 2 aromatic heterocycles. The molecule has 0 bridgehead atoms. The second kappa shape index (κ2) is 12.4. The minimum Gasteiger partial charge on any atom is -0.391 e. The average molecular weight is 498 g/mol. The van der Waals surface area contributed by atoms with Crippen molar-refractivity contribution in [1.29, 1.82) is 0 Å². The molecular formula is C25H31N5O4S. The normalized spacial score (nSPS) is 11.8. The summed E-state index contributed by atoms with van der Waals surface area (Å²) in [6, 6.07) is 11.3. The summed E-state index contributed by atoms with van der Waals surface area (Å²) in [5.74, 6) is 0. The number of rotatable bonds is 5. The van der Waals surface area contributed by atoms with Crippen LogP contribution in [0.25, 0.3) is 32.8 Å². The van der Waals surface area contributed by atoms with Gasteiger partial charge in [0.05, 0.1) is 17.3 Å². The number of hydrogen-bond acceptors (Lipinski definition) is 6. The average Bonchev–Trinajstić information content (AvgIpc) is 3.21. The topological polar surface area (TPSA) is 126 Å². The fourth-order valence-electron chi connectivity index (χ4n) is 3.11. The van der Waals surface area contributed by atoms with Crippen LogP contribution in [0.5, 0.6) is 0 Å². The maximum Gasteiger partial charge on any atom is 0.195 e. The van der Waals surface area contributed by atoms with Gasteiger partial charge in [-0.15, -0.1) is 0 Å². The summed E-state index contributed by atoms with van der Waals surface area (Å²) in [7, 11) is 3.46. The molecule has 10 heteroatoms. The maximum atomic E-state index is 13.3. The number of hydrogen-bond donors (Lipinski definition) is 3. The number of fused-ring (bicyclic) bond motifs is 2. The second-order valence-electron chi connectivity index (χ2n) is 8.61. The monoisotopic (exact) mass is 497 g/mol. The first-order valence-electron chi connectivity index (χ1n) is 10.7. The van der Waals surface area contributed by atoms with Crippen molar-refractivity contribution < 1.29 is 14.1 Å². The van der Waals surface area contributed by atoms with E-state index in [0.717, 1.165) is 22.1 Å². The molecular weight excluding hydrogens is 466 g/mol. The fraction of sp³-hybridized carbons (Fsp3) is 0.280. The van der Waals surface area contributed by atoms with Crippen LogP contribution >= 0.6 is 0 Å². The van der Waals surface area contributed by atoms with Gasteiger partial charge in [0.25, 0.3) is 0 Å². The highest BCUT2D eigenvalue weighted by atomic mass is 32.2. The van der Waals surface area contributed by atoms with Crippen molar-refractivity contribution in [3.8, 4) is 11.1 Å². The predicted molar refractivity (Wildman–Crippen MR) is 141 cm³/mol. The number of nitrogens with zero attached hydrogens (tertiary/aromatic N) is 3. The van der Waals surface area contributed by atoms with Gasteiger partial charge >= 0.3 is 0 Å². The van der Waals surface area contributed by atoms with Crippen molar-refractivity contribution in [2.75, 3.05) is 7.05 Å². The molecule has 0 aliphatic rings. The van der Waals surface area contributed by atoms with Gasteiger partial charge < -0.3 is 9.90 Å². The molecule has 1 atom stereocenters. The molecule has 0 saturated heterocycles. The van der Waals surface area contributed by atoms with E-state index >= 15 is 0 Å². The summed E-state index contributed by atoms with van der Waals surface area (Å²) in [5.41, 5.74) is 2.70. The van der Waals surface area contributed by atoms with Gasteiger partial charge in [-0.05, 0) is 57.0 Å². The summed E-state index contributed by atoms with van der Waals surface area (Å²) < 4.78 is 18.7. The van der Waals surface area contributed by atoms with Crippen LogP contribution < -0.4 is 14.9 Å². The van der Waals surface area contributed by atoms with E-state index in [9.17, 15) is 9.00 Å². The van der Waals surface area contributed by atoms with Crippen LogP contribution in [0.4, 0.5) is 0 Å². The zero-order valence-electron chi connectivity index (χ0n) is 20.5. The molecule has 35 heavy (non-hydrogen) atoms. The molecule has 2 heterocycles. The van der Waals surface area contributed by atoms with Crippen LogP contribution in [0.15, 0.2) is 59.8 Å². The lowest BCUT2D eigenvalue weighted by Gasteiger charge is -2.04. The van der Waals surface area contributed by atoms with Crippen molar-refractivity contribution in [3.63, 3.8) is 0 Å². The molecule has 1 unspecified atom stereocenters. The van der Waals surface area contributed by atoms with Gasteiger partial charge in [0.15, 0.2) is 16.6 Å². The van der Waals surface area contributed by atoms with Crippen molar-refractivity contribution >= 4 is 39.6 Å². The number of carbonyl (C=O) groups is 1. The lowest BCUT2D eigenvalue weighted by atomic mass is 10.1. The highest BCUT2D eigenvalue weighted by Gasteiger charge is 2.08. The number of benzene rings is 1. The number of carbonyl (C=O) groups excluding carboxylic acids is 1. The molecule has 0 aliphatic carbocycles. The first kappa shape index (κ1) is 27.9. The minimum atomic E-state index is -1.32. The number of pyridine rings is 1. The smallest absolute Gasteiger partial charge is 0.195 e. The Bertz CT molecular complexity index is 1380. The Balaban J connectivity index is 0.000000551. The van der Waals surface area contributed by atoms with Gasteiger partial charge in [0.1, 0.15) is 6.79 Å². The Morgan fingerprint density at radius 1 is 1.06 bits per heavy atom. The highest BCUT2D eigenvalue weighted by molar-refractivity contribution is 7.80. The summed E-state index contributed by atoms with van der Waals surface area (Å²) >= 11 is -1.32. The third-order valence-corrected chi connectivity index (χ3v) is 5.35. The van der Waals surface area contributed by atoms with Crippen LogP contribution in [-0.4, -0.2) is 43.5 Å². The van der Waals surface area contributed by atoms with Gasteiger partial charge in [-0.3, -0.25) is 14.5 Å². The van der Waals surface area contributed by atoms with Crippen LogP contribution in [0.3, 0.4) is 0 Å². The number of nitrogens with one attached hydrogen (secondary N) is 2. The van der Waals surface area contributed by atoms with Gasteiger partial charge in [-0.1, -0.05) is 18.2 Å². The minimum absolute atomic E-state index is 0.0789. The first-order valence-corrected chi connectivity index (χ1v) is 11.9. The third kappa shape index (κ3) is 8.15. The SMILES string of the molecule is C=O.CC(C)(C)O.CNS(=O)NCc1ccc2ccc3ncc(-c4cnn(C)c4)cc3c(=O)c2c1. The van der Waals surface area contributed by atoms with E-state index < -0.39 is 16.8 Å². The molecule has 0 spiro atoms. The molecule has 0 amide bonds. The molecule has 9 nitrogen and oxygen atoms in total. The maximum absolute atomic E-state index is 13.3. The Morgan fingerprint density at radius 3 is 2.31 bits per heavy atom. The third-order valence-electron chi connectivity index (χ3n) is 4.58. The quantitative estimate of drug-likeness (QED) is 0.389. The Hall–Kier alpha value is -3.31. The van der Waals surface area contributed by atoms with Crippen LogP contribution in [0.1, 0.15) is 26.3 Å². The lowest BCUT2D eigenvalue weighted by Crippen LogP contribution is -2.26. The fourth-order valence-corrected chi connectivity index (χ4v) is 3.55. The van der Waals surface area contributed by atoms with E-state index in [1.165, 1.54) is 0 Å². The standard InChI is InChI=1S/C20H19N5O2S.C4H10O.CH2O/c1-21-28(27)24-9-13-3-4-14-5-6-19-18(20(26)17(14)7-13)8-15(10-22-19)16-11-23-25(2)12-16;1-4(2,3)5;1-2/h3-8,10-12,21,24H,9H2,1-2H3;5H,1-3H3;1H2. The van der Waals surface area contributed by atoms with Crippen molar-refractivity contribution in [2.24, 2.45) is 7.05 Å². The van der Waals surface area contributed by atoms with Crippen LogP contribution in [0, 0.1) is 0 Å². The molecule has 0 fully saturated rings. The predicted octanol–water partition coefficient (Wildman–Crippen LogP) is 2.63. The summed E-state index contributed by atoms with van der Waals surface area (Å²) in [6.07, 6.45) is 5.39. The molecule has 0 aliphatic heterocycles. The molecule has 0 radical (unpaired) electrons. The number of aryl methyl sites for hydroxylation is 1. The van der Waals surface area contributed by atoms with Gasteiger partial charge in [0, 0.05) is 47.9 Å². The zero-order chi connectivity index (χ0) is 26.2. The van der Waals surface area contributed by atoms with Gasteiger partial charge in [-0.25, -0.2) is 13.7 Å². The van der Waals surface area contributed by atoms with Gasteiger partial charge in [0.2, 0.25) is 0 Å². The first-order chi connectivity index (χ1) is 16.5. The lowest BCUT2D eigenvalue weighted by molar-refractivity contribution is -0.0980. The highest BCUT2D eigenvalue weighted by Crippen LogP contribution is 2.22. The molecule has 0 saturated carbocycles. The Kier molecular flexibility index (Phi) is 9.90. The van der Waals surface area contributed by atoms with Crippen molar-refractivity contribution in [1.82, 2.24) is 24.2 Å². The Labute approximate surface area is 206 Å². The summed E-state index contributed by atoms with van der Waals surface area (Å²) in [5, 5.41) is 14.7. The summed E-state index contributed by atoms with van der Waals surface area (Å²) in [4.78, 5) is 25.8. The second-order valence-corrected chi connectivity index (χ2v) is 9.84. The van der Waals surface area contributed by atoms with Crippen LogP contribution in [0.2, 0.25) is 0 Å². The number of aliphatic hydroxyl groups is 1. The molecule has 186 valence electrons. The van der Waals surface area contributed by atoms with E-state index in [2.05, 4.69) is 19.5 Å². The van der Waals surface area contributed by atoms with E-state index in [4.69, 9.17) is 9.90 Å². The van der Waals surface area contributed by atoms with E-state index in [-0.39, 0.29) is 5.43 Å². The number of aromatic nitrogens is 3. The van der Waals surface area contributed by atoms with Gasteiger partial charge in [-0.2, -0.15) is 5.10 Å². The van der Waals surface area contributed by atoms with Crippen LogP contribution in [-0.2, 0) is 29.6 Å². The molecule has 3 N–H and O–H groups in total. The van der Waals surface area contributed by atoms with Crippen molar-refractivity contribution in [3.05, 3.63) is 70.8 Å². The summed E-state index contributed by atoms with van der Waals surface area (Å²) in [6.45, 7) is 7.62. The van der Waals surface area contributed by atoms with E-state index in [1.807, 2.05) is 56.4 Å². The molecule has 4 aromatic rings.